The van der Waals surface area contributed by atoms with Gasteiger partial charge in [-0.3, -0.25) is 9.59 Å². The van der Waals surface area contributed by atoms with Crippen molar-refractivity contribution in [2.24, 2.45) is 0 Å². The summed E-state index contributed by atoms with van der Waals surface area (Å²) in [5.74, 6) is -0.115. The van der Waals surface area contributed by atoms with Crippen LogP contribution in [0.4, 0.5) is 5.82 Å². The van der Waals surface area contributed by atoms with Gasteiger partial charge in [0.25, 0.3) is 5.56 Å². The van der Waals surface area contributed by atoms with Gasteiger partial charge in [0.1, 0.15) is 17.2 Å². The summed E-state index contributed by atoms with van der Waals surface area (Å²) in [6.07, 6.45) is 0.431. The van der Waals surface area contributed by atoms with Crippen LogP contribution >= 0.6 is 0 Å². The summed E-state index contributed by atoms with van der Waals surface area (Å²) < 4.78 is 10.5. The Morgan fingerprint density at radius 1 is 1.33 bits per heavy atom. The summed E-state index contributed by atoms with van der Waals surface area (Å²) in [5.41, 5.74) is 4.78. The van der Waals surface area contributed by atoms with Gasteiger partial charge in [-0.1, -0.05) is 6.92 Å². The number of H-pyrrole nitrogens is 1. The number of rotatable bonds is 7. The molecule has 0 amide bonds. The number of hydrogen-bond acceptors (Lipinski definition) is 6. The third-order valence-corrected chi connectivity index (χ3v) is 3.31. The van der Waals surface area contributed by atoms with Crippen LogP contribution in [0.5, 0.6) is 0 Å². The lowest BCUT2D eigenvalue weighted by Crippen LogP contribution is -2.33. The number of carbonyl (C=O) groups excluding carboxylic acids is 1. The van der Waals surface area contributed by atoms with Crippen molar-refractivity contribution in [3.8, 4) is 0 Å². The molecule has 0 aromatic carbocycles. The van der Waals surface area contributed by atoms with Crippen molar-refractivity contribution in [1.82, 2.24) is 9.97 Å². The molecule has 0 saturated heterocycles. The highest BCUT2D eigenvalue weighted by Gasteiger charge is 2.29. The lowest BCUT2D eigenvalue weighted by Gasteiger charge is -2.27. The number of ether oxygens (including phenoxy) is 2. The molecule has 1 atom stereocenters. The molecule has 0 aliphatic carbocycles. The van der Waals surface area contributed by atoms with Crippen molar-refractivity contribution in [2.45, 2.75) is 46.1 Å². The van der Waals surface area contributed by atoms with Crippen molar-refractivity contribution in [3.05, 3.63) is 21.7 Å². The Morgan fingerprint density at radius 3 is 2.48 bits per heavy atom. The predicted octanol–water partition coefficient (Wildman–Crippen LogP) is 1.12. The monoisotopic (exact) mass is 297 g/mol. The maximum absolute atomic E-state index is 12.1. The smallest absolute Gasteiger partial charge is 0.310 e. The van der Waals surface area contributed by atoms with Crippen molar-refractivity contribution >= 4 is 11.8 Å². The Labute approximate surface area is 123 Å². The fourth-order valence-corrected chi connectivity index (χ4v) is 1.95. The predicted molar refractivity (Wildman–Crippen MR) is 78.9 cm³/mol. The number of aromatic amines is 1. The van der Waals surface area contributed by atoms with Gasteiger partial charge in [0, 0.05) is 6.61 Å². The van der Waals surface area contributed by atoms with Crippen molar-refractivity contribution in [2.75, 3.05) is 18.9 Å². The van der Waals surface area contributed by atoms with Gasteiger partial charge in [-0.2, -0.15) is 0 Å². The zero-order chi connectivity index (χ0) is 16.0. The van der Waals surface area contributed by atoms with Crippen LogP contribution in [-0.2, 0) is 26.3 Å². The first-order chi connectivity index (χ1) is 9.87. The summed E-state index contributed by atoms with van der Waals surface area (Å²) >= 11 is 0. The molecule has 1 aromatic rings. The summed E-state index contributed by atoms with van der Waals surface area (Å²) in [5, 5.41) is 0. The standard InChI is InChI=1S/C14H23N3O4/c1-5-14(4,21-7-3)13-16-11(15)9(12(19)17-13)8-10(18)20-6-2/h5-8H2,1-4H3,(H3,15,16,17,19). The molecule has 1 heterocycles. The van der Waals surface area contributed by atoms with Crippen LogP contribution in [0.15, 0.2) is 4.79 Å². The molecule has 21 heavy (non-hydrogen) atoms. The maximum Gasteiger partial charge on any atom is 0.310 e. The van der Waals surface area contributed by atoms with Crippen LogP contribution < -0.4 is 11.3 Å². The fraction of sp³-hybridized carbons (Fsp3) is 0.643. The molecule has 3 N–H and O–H groups in total. The molecule has 0 fully saturated rings. The molecule has 7 heteroatoms. The molecule has 0 radical (unpaired) electrons. The van der Waals surface area contributed by atoms with Gasteiger partial charge in [0.15, 0.2) is 0 Å². The molecular weight excluding hydrogens is 274 g/mol. The second kappa shape index (κ2) is 7.21. The van der Waals surface area contributed by atoms with Crippen LogP contribution in [-0.4, -0.2) is 29.2 Å². The van der Waals surface area contributed by atoms with Crippen molar-refractivity contribution < 1.29 is 14.3 Å². The molecule has 0 spiro atoms. The third kappa shape index (κ3) is 4.04. The molecular formula is C14H23N3O4. The zero-order valence-electron chi connectivity index (χ0n) is 13.0. The summed E-state index contributed by atoms with van der Waals surface area (Å²) in [6.45, 7) is 8.06. The fourth-order valence-electron chi connectivity index (χ4n) is 1.95. The topological polar surface area (TPSA) is 107 Å². The van der Waals surface area contributed by atoms with E-state index in [1.807, 2.05) is 20.8 Å². The van der Waals surface area contributed by atoms with Gasteiger partial charge >= 0.3 is 5.97 Å². The van der Waals surface area contributed by atoms with E-state index in [9.17, 15) is 9.59 Å². The van der Waals surface area contributed by atoms with Gasteiger partial charge in [-0.05, 0) is 27.2 Å². The second-order valence-corrected chi connectivity index (χ2v) is 4.78. The second-order valence-electron chi connectivity index (χ2n) is 4.78. The van der Waals surface area contributed by atoms with Gasteiger partial charge in [-0.25, -0.2) is 4.98 Å². The number of nitrogens with zero attached hydrogens (tertiary/aromatic N) is 1. The first-order valence-corrected chi connectivity index (χ1v) is 7.06. The lowest BCUT2D eigenvalue weighted by molar-refractivity contribution is -0.142. The molecule has 0 aliphatic heterocycles. The van der Waals surface area contributed by atoms with E-state index in [1.165, 1.54) is 0 Å². The Hall–Kier alpha value is -1.89. The molecule has 0 aliphatic rings. The van der Waals surface area contributed by atoms with E-state index in [0.29, 0.717) is 18.9 Å². The number of anilines is 1. The average molecular weight is 297 g/mol. The Balaban J connectivity index is 3.15. The summed E-state index contributed by atoms with van der Waals surface area (Å²) in [4.78, 5) is 30.5. The number of hydrogen-bond donors (Lipinski definition) is 2. The van der Waals surface area contributed by atoms with E-state index in [0.717, 1.165) is 0 Å². The van der Waals surface area contributed by atoms with E-state index in [1.54, 1.807) is 6.92 Å². The third-order valence-electron chi connectivity index (χ3n) is 3.31. The van der Waals surface area contributed by atoms with Gasteiger partial charge in [0.05, 0.1) is 18.6 Å². The molecule has 7 nitrogen and oxygen atoms in total. The van der Waals surface area contributed by atoms with Gasteiger partial charge in [0.2, 0.25) is 0 Å². The normalized spacial score (nSPS) is 13.7. The van der Waals surface area contributed by atoms with Gasteiger partial charge in [-0.15, -0.1) is 0 Å². The molecule has 0 bridgehead atoms. The number of aromatic nitrogens is 2. The molecule has 1 aromatic heterocycles. The minimum atomic E-state index is -0.718. The highest BCUT2D eigenvalue weighted by molar-refractivity contribution is 5.74. The first-order valence-electron chi connectivity index (χ1n) is 7.06. The summed E-state index contributed by atoms with van der Waals surface area (Å²) in [6, 6.07) is 0. The molecule has 118 valence electrons. The summed E-state index contributed by atoms with van der Waals surface area (Å²) in [7, 11) is 0. The van der Waals surface area contributed by atoms with E-state index < -0.39 is 17.1 Å². The lowest BCUT2D eigenvalue weighted by atomic mass is 10.0. The Bertz CT molecular complexity index is 556. The van der Waals surface area contributed by atoms with E-state index in [2.05, 4.69) is 9.97 Å². The molecule has 1 unspecified atom stereocenters. The van der Waals surface area contributed by atoms with Crippen molar-refractivity contribution in [1.29, 1.82) is 0 Å². The van der Waals surface area contributed by atoms with Crippen LogP contribution in [0.3, 0.4) is 0 Å². The molecule has 1 rings (SSSR count). The van der Waals surface area contributed by atoms with Crippen LogP contribution in [0.2, 0.25) is 0 Å². The Kier molecular flexibility index (Phi) is 5.90. The molecule has 0 saturated carbocycles. The highest BCUT2D eigenvalue weighted by Crippen LogP contribution is 2.26. The largest absolute Gasteiger partial charge is 0.466 e. The van der Waals surface area contributed by atoms with E-state index >= 15 is 0 Å². The quantitative estimate of drug-likeness (QED) is 0.730. The van der Waals surface area contributed by atoms with E-state index in [4.69, 9.17) is 15.2 Å². The average Bonchev–Trinajstić information content (AvgIpc) is 2.43. The minimum Gasteiger partial charge on any atom is -0.466 e. The minimum absolute atomic E-state index is 0.0289. The number of nitrogens with one attached hydrogen (secondary N) is 1. The maximum atomic E-state index is 12.1. The highest BCUT2D eigenvalue weighted by atomic mass is 16.5. The number of nitrogen functional groups attached to an aromatic ring is 1. The van der Waals surface area contributed by atoms with Crippen LogP contribution in [0.25, 0.3) is 0 Å². The Morgan fingerprint density at radius 2 is 2.00 bits per heavy atom. The van der Waals surface area contributed by atoms with Gasteiger partial charge < -0.3 is 20.2 Å². The number of nitrogens with two attached hydrogens (primary N) is 1. The SMILES string of the molecule is CCOC(=O)Cc1c(N)nc(C(C)(CC)OCC)[nH]c1=O. The van der Waals surface area contributed by atoms with Crippen LogP contribution in [0, 0.1) is 0 Å². The number of esters is 1. The number of carbonyl (C=O) groups is 1. The van der Waals surface area contributed by atoms with Crippen molar-refractivity contribution in [3.63, 3.8) is 0 Å². The van der Waals surface area contributed by atoms with Crippen LogP contribution in [0.1, 0.15) is 45.5 Å². The zero-order valence-corrected chi connectivity index (χ0v) is 13.0. The van der Waals surface area contributed by atoms with E-state index in [-0.39, 0.29) is 24.4 Å². The first kappa shape index (κ1) is 17.2.